The van der Waals surface area contributed by atoms with Gasteiger partial charge in [0.2, 0.25) is 5.91 Å². The van der Waals surface area contributed by atoms with Gasteiger partial charge in [-0.05, 0) is 19.3 Å². The van der Waals surface area contributed by atoms with Gasteiger partial charge in [-0.3, -0.25) is 9.36 Å². The molecule has 1 saturated heterocycles. The highest BCUT2D eigenvalue weighted by molar-refractivity contribution is 5.76. The predicted octanol–water partition coefficient (Wildman–Crippen LogP) is 0.804. The van der Waals surface area contributed by atoms with Crippen LogP contribution in [-0.2, 0) is 22.6 Å². The number of rotatable bonds is 3. The molecule has 0 unspecified atom stereocenters. The lowest BCUT2D eigenvalue weighted by atomic mass is 10.1. The van der Waals surface area contributed by atoms with E-state index in [1.54, 1.807) is 4.90 Å². The van der Waals surface area contributed by atoms with Gasteiger partial charge in [0.05, 0.1) is 12.6 Å². The SMILES string of the molecule is O=C(CC[C@H]1CC[C@@H](C(F)(F)F)O1)N1CCn2c(n[nH]c2=O)C1. The van der Waals surface area contributed by atoms with Gasteiger partial charge in [-0.25, -0.2) is 9.89 Å². The first-order valence-corrected chi connectivity index (χ1v) is 7.48. The molecule has 128 valence electrons. The normalized spacial score (nSPS) is 24.7. The molecule has 1 amide bonds. The Morgan fingerprint density at radius 1 is 1.35 bits per heavy atom. The number of hydrogen-bond acceptors (Lipinski definition) is 4. The molecule has 1 aromatic heterocycles. The van der Waals surface area contributed by atoms with Crippen molar-refractivity contribution in [3.63, 3.8) is 0 Å². The molecule has 23 heavy (non-hydrogen) atoms. The summed E-state index contributed by atoms with van der Waals surface area (Å²) in [5, 5.41) is 6.17. The Labute approximate surface area is 129 Å². The van der Waals surface area contributed by atoms with Gasteiger partial charge in [0.15, 0.2) is 11.9 Å². The van der Waals surface area contributed by atoms with E-state index in [1.807, 2.05) is 0 Å². The highest BCUT2D eigenvalue weighted by Crippen LogP contribution is 2.34. The van der Waals surface area contributed by atoms with Gasteiger partial charge in [0.25, 0.3) is 0 Å². The Hall–Kier alpha value is -1.84. The van der Waals surface area contributed by atoms with E-state index in [1.165, 1.54) is 4.57 Å². The summed E-state index contributed by atoms with van der Waals surface area (Å²) >= 11 is 0. The number of halogens is 3. The second-order valence-corrected chi connectivity index (χ2v) is 5.82. The lowest BCUT2D eigenvalue weighted by Gasteiger charge is -2.27. The van der Waals surface area contributed by atoms with E-state index in [-0.39, 0.29) is 37.4 Å². The van der Waals surface area contributed by atoms with Gasteiger partial charge in [-0.15, -0.1) is 0 Å². The lowest BCUT2D eigenvalue weighted by Crippen LogP contribution is -2.40. The quantitative estimate of drug-likeness (QED) is 0.887. The minimum absolute atomic E-state index is 0.0500. The van der Waals surface area contributed by atoms with Crippen molar-refractivity contribution in [3.05, 3.63) is 16.3 Å². The maximum Gasteiger partial charge on any atom is 0.414 e. The molecule has 0 saturated carbocycles. The van der Waals surface area contributed by atoms with E-state index in [9.17, 15) is 22.8 Å². The predicted molar refractivity (Wildman–Crippen MR) is 71.4 cm³/mol. The van der Waals surface area contributed by atoms with Crippen LogP contribution in [0, 0.1) is 0 Å². The molecule has 0 aromatic carbocycles. The summed E-state index contributed by atoms with van der Waals surface area (Å²) in [6.45, 7) is 0.989. The molecule has 10 heteroatoms. The summed E-state index contributed by atoms with van der Waals surface area (Å²) in [5.41, 5.74) is -0.301. The van der Waals surface area contributed by atoms with Crippen LogP contribution in [0.4, 0.5) is 13.2 Å². The van der Waals surface area contributed by atoms with Gasteiger partial charge >= 0.3 is 11.9 Å². The third-order valence-electron chi connectivity index (χ3n) is 4.27. The zero-order valence-electron chi connectivity index (χ0n) is 12.3. The topological polar surface area (TPSA) is 80.2 Å². The third kappa shape index (κ3) is 3.41. The van der Waals surface area contributed by atoms with Gasteiger partial charge in [-0.1, -0.05) is 0 Å². The van der Waals surface area contributed by atoms with Gasteiger partial charge in [0.1, 0.15) is 0 Å². The summed E-state index contributed by atoms with van der Waals surface area (Å²) in [7, 11) is 0. The number of hydrogen-bond donors (Lipinski definition) is 1. The molecule has 1 N–H and O–H groups in total. The van der Waals surface area contributed by atoms with Crippen molar-refractivity contribution in [2.24, 2.45) is 0 Å². The summed E-state index contributed by atoms with van der Waals surface area (Å²) in [4.78, 5) is 25.1. The number of fused-ring (bicyclic) bond motifs is 1. The van der Waals surface area contributed by atoms with E-state index < -0.39 is 18.4 Å². The molecule has 7 nitrogen and oxygen atoms in total. The number of aromatic nitrogens is 3. The van der Waals surface area contributed by atoms with Crippen molar-refractivity contribution in [2.45, 2.75) is 57.2 Å². The maximum atomic E-state index is 12.5. The second kappa shape index (κ2) is 5.99. The summed E-state index contributed by atoms with van der Waals surface area (Å²) in [6.07, 6.45) is -5.91. The van der Waals surface area contributed by atoms with E-state index in [0.29, 0.717) is 25.3 Å². The average molecular weight is 334 g/mol. The molecular weight excluding hydrogens is 317 g/mol. The molecule has 1 aromatic rings. The number of carbonyl (C=O) groups is 1. The van der Waals surface area contributed by atoms with E-state index in [2.05, 4.69) is 10.2 Å². The van der Waals surface area contributed by atoms with Crippen molar-refractivity contribution < 1.29 is 22.7 Å². The Morgan fingerprint density at radius 2 is 2.13 bits per heavy atom. The summed E-state index contributed by atoms with van der Waals surface area (Å²) in [6, 6.07) is 0. The highest BCUT2D eigenvalue weighted by atomic mass is 19.4. The monoisotopic (exact) mass is 334 g/mol. The number of amides is 1. The zero-order chi connectivity index (χ0) is 16.6. The average Bonchev–Trinajstić information content (AvgIpc) is 3.11. The molecule has 3 rings (SSSR count). The molecule has 2 atom stereocenters. The number of nitrogens with one attached hydrogen (secondary N) is 1. The van der Waals surface area contributed by atoms with E-state index >= 15 is 0 Å². The van der Waals surface area contributed by atoms with Crippen LogP contribution in [0.15, 0.2) is 4.79 Å². The minimum atomic E-state index is -4.34. The Morgan fingerprint density at radius 3 is 2.83 bits per heavy atom. The Bertz CT molecular complexity index is 639. The fourth-order valence-corrected chi connectivity index (χ4v) is 2.99. The molecule has 2 aliphatic heterocycles. The van der Waals surface area contributed by atoms with Crippen molar-refractivity contribution >= 4 is 5.91 Å². The third-order valence-corrected chi connectivity index (χ3v) is 4.27. The smallest absolute Gasteiger partial charge is 0.366 e. The first kappa shape index (κ1) is 16.0. The van der Waals surface area contributed by atoms with Crippen LogP contribution in [0.1, 0.15) is 31.5 Å². The van der Waals surface area contributed by atoms with Crippen molar-refractivity contribution in [2.75, 3.05) is 6.54 Å². The number of H-pyrrole nitrogens is 1. The van der Waals surface area contributed by atoms with Crippen LogP contribution >= 0.6 is 0 Å². The molecular formula is C13H17F3N4O3. The fourth-order valence-electron chi connectivity index (χ4n) is 2.99. The first-order chi connectivity index (χ1) is 10.8. The standard InChI is InChI=1S/C13H17F3N4O3/c14-13(15,16)9-3-1-8(23-9)2-4-11(21)19-5-6-20-10(7-19)17-18-12(20)22/h8-9H,1-7H2,(H,18,22)/t8-,9+/m1/s1. The molecule has 1 fully saturated rings. The highest BCUT2D eigenvalue weighted by Gasteiger charge is 2.45. The van der Waals surface area contributed by atoms with Crippen molar-refractivity contribution in [1.29, 1.82) is 0 Å². The number of ether oxygens (including phenoxy) is 1. The minimum Gasteiger partial charge on any atom is -0.366 e. The van der Waals surface area contributed by atoms with Gasteiger partial charge in [0, 0.05) is 19.5 Å². The molecule has 3 heterocycles. The van der Waals surface area contributed by atoms with Gasteiger partial charge < -0.3 is 9.64 Å². The number of carbonyl (C=O) groups excluding carboxylic acids is 1. The van der Waals surface area contributed by atoms with Crippen LogP contribution in [0.25, 0.3) is 0 Å². The van der Waals surface area contributed by atoms with Crippen molar-refractivity contribution in [1.82, 2.24) is 19.7 Å². The number of alkyl halides is 3. The first-order valence-electron chi connectivity index (χ1n) is 7.48. The second-order valence-electron chi connectivity index (χ2n) is 5.82. The lowest BCUT2D eigenvalue weighted by molar-refractivity contribution is -0.215. The van der Waals surface area contributed by atoms with Crippen LogP contribution in [0.3, 0.4) is 0 Å². The van der Waals surface area contributed by atoms with Crippen LogP contribution in [-0.4, -0.2) is 50.5 Å². The van der Waals surface area contributed by atoms with Crippen molar-refractivity contribution in [3.8, 4) is 0 Å². The summed E-state index contributed by atoms with van der Waals surface area (Å²) in [5.74, 6) is 0.328. The molecule has 0 bridgehead atoms. The molecule has 0 radical (unpaired) electrons. The van der Waals surface area contributed by atoms with Crippen LogP contribution in [0.2, 0.25) is 0 Å². The largest absolute Gasteiger partial charge is 0.414 e. The number of aromatic amines is 1. The Balaban J connectivity index is 1.48. The molecule has 2 aliphatic rings. The van der Waals surface area contributed by atoms with Gasteiger partial charge in [-0.2, -0.15) is 18.3 Å². The molecule has 0 aliphatic carbocycles. The van der Waals surface area contributed by atoms with Crippen LogP contribution < -0.4 is 5.69 Å². The molecule has 0 spiro atoms. The number of nitrogens with zero attached hydrogens (tertiary/aromatic N) is 3. The van der Waals surface area contributed by atoms with E-state index in [4.69, 9.17) is 4.74 Å². The fraction of sp³-hybridized carbons (Fsp3) is 0.769. The zero-order valence-corrected chi connectivity index (χ0v) is 12.3. The summed E-state index contributed by atoms with van der Waals surface area (Å²) < 4.78 is 44.0. The van der Waals surface area contributed by atoms with E-state index in [0.717, 1.165) is 0 Å². The maximum absolute atomic E-state index is 12.5. The van der Waals surface area contributed by atoms with Crippen LogP contribution in [0.5, 0.6) is 0 Å². The Kier molecular flexibility index (Phi) is 4.17.